The molecule has 0 fully saturated rings. The first-order valence-corrected chi connectivity index (χ1v) is 4.36. The standard InChI is InChI=1S/C11H9N3/c1-7-10-5-9(6-12)3-4-11(10)14-8(2)13-7/h3-5H,1-2H3. The van der Waals surface area contributed by atoms with Crippen LogP contribution in [0, 0.1) is 25.2 Å². The van der Waals surface area contributed by atoms with Crippen LogP contribution in [0.3, 0.4) is 0 Å². The molecule has 0 N–H and O–H groups in total. The fourth-order valence-corrected chi connectivity index (χ4v) is 1.50. The first-order chi connectivity index (χ1) is 6.70. The number of nitriles is 1. The fourth-order valence-electron chi connectivity index (χ4n) is 1.50. The highest BCUT2D eigenvalue weighted by Crippen LogP contribution is 2.16. The van der Waals surface area contributed by atoms with Crippen LogP contribution in [0.5, 0.6) is 0 Å². The number of hydrogen-bond acceptors (Lipinski definition) is 3. The van der Waals surface area contributed by atoms with E-state index in [0.717, 1.165) is 22.4 Å². The van der Waals surface area contributed by atoms with E-state index in [1.54, 1.807) is 6.07 Å². The molecule has 0 saturated heterocycles. The van der Waals surface area contributed by atoms with E-state index < -0.39 is 0 Å². The van der Waals surface area contributed by atoms with Crippen molar-refractivity contribution in [3.8, 4) is 6.07 Å². The summed E-state index contributed by atoms with van der Waals surface area (Å²) >= 11 is 0. The summed E-state index contributed by atoms with van der Waals surface area (Å²) < 4.78 is 0. The minimum atomic E-state index is 0.646. The van der Waals surface area contributed by atoms with E-state index in [-0.39, 0.29) is 0 Å². The molecule has 14 heavy (non-hydrogen) atoms. The molecule has 0 aliphatic rings. The Morgan fingerprint density at radius 2 is 2.00 bits per heavy atom. The van der Waals surface area contributed by atoms with Crippen LogP contribution in [0.4, 0.5) is 0 Å². The molecule has 0 saturated carbocycles. The zero-order valence-corrected chi connectivity index (χ0v) is 8.07. The summed E-state index contributed by atoms with van der Waals surface area (Å²) in [5, 5.41) is 9.71. The van der Waals surface area contributed by atoms with Gasteiger partial charge in [0.1, 0.15) is 5.82 Å². The van der Waals surface area contributed by atoms with Crippen molar-refractivity contribution in [2.24, 2.45) is 0 Å². The highest BCUT2D eigenvalue weighted by molar-refractivity contribution is 5.82. The van der Waals surface area contributed by atoms with E-state index in [1.165, 1.54) is 0 Å². The molecule has 3 nitrogen and oxygen atoms in total. The molecule has 68 valence electrons. The molecule has 1 heterocycles. The normalized spacial score (nSPS) is 10.1. The van der Waals surface area contributed by atoms with Gasteiger partial charge >= 0.3 is 0 Å². The third-order valence-corrected chi connectivity index (χ3v) is 2.13. The van der Waals surface area contributed by atoms with Crippen molar-refractivity contribution in [3.05, 3.63) is 35.3 Å². The highest BCUT2D eigenvalue weighted by Gasteiger charge is 2.02. The van der Waals surface area contributed by atoms with Crippen molar-refractivity contribution >= 4 is 10.9 Å². The number of benzene rings is 1. The molecule has 0 unspecified atom stereocenters. The Bertz CT molecular complexity index is 538. The number of nitrogens with zero attached hydrogens (tertiary/aromatic N) is 3. The molecule has 0 spiro atoms. The van der Waals surface area contributed by atoms with E-state index in [9.17, 15) is 0 Å². The molecule has 2 rings (SSSR count). The second-order valence-electron chi connectivity index (χ2n) is 3.20. The van der Waals surface area contributed by atoms with Crippen molar-refractivity contribution in [3.63, 3.8) is 0 Å². The third kappa shape index (κ3) is 1.31. The Balaban J connectivity index is 2.84. The van der Waals surface area contributed by atoms with Gasteiger partial charge in [-0.2, -0.15) is 5.26 Å². The molecule has 2 aromatic rings. The van der Waals surface area contributed by atoms with Gasteiger partial charge in [-0.3, -0.25) is 0 Å². The summed E-state index contributed by atoms with van der Waals surface area (Å²) in [6, 6.07) is 7.56. The topological polar surface area (TPSA) is 49.6 Å². The maximum atomic E-state index is 8.75. The Kier molecular flexibility index (Phi) is 1.90. The lowest BCUT2D eigenvalue weighted by Crippen LogP contribution is -1.93. The molecule has 0 atom stereocenters. The second-order valence-corrected chi connectivity index (χ2v) is 3.20. The molecule has 0 bridgehead atoms. The largest absolute Gasteiger partial charge is 0.238 e. The van der Waals surface area contributed by atoms with Crippen LogP contribution >= 0.6 is 0 Å². The van der Waals surface area contributed by atoms with Gasteiger partial charge in [0.25, 0.3) is 0 Å². The second kappa shape index (κ2) is 3.08. The summed E-state index contributed by atoms with van der Waals surface area (Å²) in [6.07, 6.45) is 0. The average molecular weight is 183 g/mol. The fraction of sp³-hybridized carbons (Fsp3) is 0.182. The van der Waals surface area contributed by atoms with Gasteiger partial charge in [0.15, 0.2) is 0 Å². The molecular formula is C11H9N3. The molecule has 1 aromatic carbocycles. The zero-order valence-electron chi connectivity index (χ0n) is 8.07. The van der Waals surface area contributed by atoms with Crippen molar-refractivity contribution in [1.82, 2.24) is 9.97 Å². The van der Waals surface area contributed by atoms with Gasteiger partial charge in [-0.15, -0.1) is 0 Å². The quantitative estimate of drug-likeness (QED) is 0.628. The van der Waals surface area contributed by atoms with Crippen LogP contribution < -0.4 is 0 Å². The molecule has 0 aliphatic heterocycles. The van der Waals surface area contributed by atoms with E-state index >= 15 is 0 Å². The number of hydrogen-bond donors (Lipinski definition) is 0. The smallest absolute Gasteiger partial charge is 0.126 e. The highest BCUT2D eigenvalue weighted by atomic mass is 14.9. The average Bonchev–Trinajstić information content (AvgIpc) is 2.17. The van der Waals surface area contributed by atoms with E-state index in [4.69, 9.17) is 5.26 Å². The molecule has 1 aromatic heterocycles. The lowest BCUT2D eigenvalue weighted by Gasteiger charge is -2.02. The first kappa shape index (κ1) is 8.64. The summed E-state index contributed by atoms with van der Waals surface area (Å²) in [5.74, 6) is 0.764. The minimum absolute atomic E-state index is 0.646. The van der Waals surface area contributed by atoms with Gasteiger partial charge in [0.2, 0.25) is 0 Å². The van der Waals surface area contributed by atoms with Crippen LogP contribution in [-0.2, 0) is 0 Å². The van der Waals surface area contributed by atoms with E-state index in [0.29, 0.717) is 5.56 Å². The summed E-state index contributed by atoms with van der Waals surface area (Å²) in [6.45, 7) is 3.79. The lowest BCUT2D eigenvalue weighted by atomic mass is 10.1. The van der Waals surface area contributed by atoms with Gasteiger partial charge in [0, 0.05) is 11.1 Å². The van der Waals surface area contributed by atoms with Crippen molar-refractivity contribution in [2.75, 3.05) is 0 Å². The van der Waals surface area contributed by atoms with E-state index in [2.05, 4.69) is 16.0 Å². The van der Waals surface area contributed by atoms with Crippen LogP contribution in [0.25, 0.3) is 10.9 Å². The Morgan fingerprint density at radius 3 is 2.71 bits per heavy atom. The number of rotatable bonds is 0. The Hall–Kier alpha value is -1.95. The van der Waals surface area contributed by atoms with Crippen LogP contribution in [0.2, 0.25) is 0 Å². The predicted molar refractivity (Wildman–Crippen MR) is 53.7 cm³/mol. The summed E-state index contributed by atoms with van der Waals surface area (Å²) in [5.41, 5.74) is 2.46. The zero-order chi connectivity index (χ0) is 10.1. The maximum absolute atomic E-state index is 8.75. The number of fused-ring (bicyclic) bond motifs is 1. The van der Waals surface area contributed by atoms with E-state index in [1.807, 2.05) is 26.0 Å². The molecule has 0 radical (unpaired) electrons. The SMILES string of the molecule is Cc1nc(C)c2cc(C#N)ccc2n1. The van der Waals surface area contributed by atoms with Crippen LogP contribution in [0.15, 0.2) is 18.2 Å². The number of aromatic nitrogens is 2. The molecular weight excluding hydrogens is 174 g/mol. The Labute approximate surface area is 82.0 Å². The van der Waals surface area contributed by atoms with Gasteiger partial charge < -0.3 is 0 Å². The molecule has 0 amide bonds. The van der Waals surface area contributed by atoms with Crippen molar-refractivity contribution in [2.45, 2.75) is 13.8 Å². The predicted octanol–water partition coefficient (Wildman–Crippen LogP) is 2.12. The Morgan fingerprint density at radius 1 is 1.21 bits per heavy atom. The monoisotopic (exact) mass is 183 g/mol. The summed E-state index contributed by atoms with van der Waals surface area (Å²) in [4.78, 5) is 8.55. The third-order valence-electron chi connectivity index (χ3n) is 2.13. The first-order valence-electron chi connectivity index (χ1n) is 4.36. The van der Waals surface area contributed by atoms with Gasteiger partial charge in [-0.1, -0.05) is 0 Å². The van der Waals surface area contributed by atoms with Gasteiger partial charge in [-0.25, -0.2) is 9.97 Å². The van der Waals surface area contributed by atoms with Crippen molar-refractivity contribution in [1.29, 1.82) is 5.26 Å². The van der Waals surface area contributed by atoms with Crippen LogP contribution in [-0.4, -0.2) is 9.97 Å². The van der Waals surface area contributed by atoms with Crippen molar-refractivity contribution < 1.29 is 0 Å². The van der Waals surface area contributed by atoms with Crippen LogP contribution in [0.1, 0.15) is 17.1 Å². The minimum Gasteiger partial charge on any atom is -0.238 e. The van der Waals surface area contributed by atoms with Gasteiger partial charge in [0.05, 0.1) is 17.1 Å². The molecule has 3 heteroatoms. The summed E-state index contributed by atoms with van der Waals surface area (Å²) in [7, 11) is 0. The number of aryl methyl sites for hydroxylation is 2. The molecule has 0 aliphatic carbocycles. The lowest BCUT2D eigenvalue weighted by molar-refractivity contribution is 1.05. The maximum Gasteiger partial charge on any atom is 0.126 e. The van der Waals surface area contributed by atoms with Gasteiger partial charge in [-0.05, 0) is 32.0 Å².